The van der Waals surface area contributed by atoms with Gasteiger partial charge in [-0.1, -0.05) is 84.9 Å². The maximum atomic E-state index is 5.94. The van der Waals surface area contributed by atoms with Crippen LogP contribution in [0.3, 0.4) is 0 Å². The van der Waals surface area contributed by atoms with Crippen LogP contribution >= 0.6 is 0 Å². The molecule has 3 aromatic rings. The lowest BCUT2D eigenvalue weighted by atomic mass is 9.87. The second-order valence-electron chi connectivity index (χ2n) is 8.32. The van der Waals surface area contributed by atoms with Gasteiger partial charge in [0.05, 0.1) is 5.70 Å². The first kappa shape index (κ1) is 20.3. The summed E-state index contributed by atoms with van der Waals surface area (Å²) in [7, 11) is 0. The fourth-order valence-corrected chi connectivity index (χ4v) is 4.53. The smallest absolute Gasteiger partial charge is 0.131 e. The standard InChI is InChI=1S/C29H28N2O/c1-3-10-23(11-4-1)27(24-12-5-2-6-13-24)15-9-18-30-20-25-17-19-31-21-26-14-7-8-16-29(26)32-22-28(25)31/h1-8,10-14,16-17,20,22,27H,9,15,18-19,21H2. The second kappa shape index (κ2) is 9.69. The highest BCUT2D eigenvalue weighted by atomic mass is 16.5. The summed E-state index contributed by atoms with van der Waals surface area (Å²) in [4.78, 5) is 7.11. The van der Waals surface area contributed by atoms with Crippen LogP contribution in [-0.2, 0) is 6.54 Å². The summed E-state index contributed by atoms with van der Waals surface area (Å²) in [5.41, 5.74) is 6.24. The summed E-state index contributed by atoms with van der Waals surface area (Å²) in [6.45, 7) is 2.59. The van der Waals surface area contributed by atoms with Crippen molar-refractivity contribution in [2.45, 2.75) is 25.3 Å². The average molecular weight is 421 g/mol. The highest BCUT2D eigenvalue weighted by molar-refractivity contribution is 5.85. The van der Waals surface area contributed by atoms with Crippen LogP contribution in [0.5, 0.6) is 5.75 Å². The van der Waals surface area contributed by atoms with E-state index in [9.17, 15) is 0 Å². The van der Waals surface area contributed by atoms with E-state index in [0.29, 0.717) is 5.92 Å². The van der Waals surface area contributed by atoms with Crippen LogP contribution in [-0.4, -0.2) is 24.2 Å². The zero-order valence-corrected chi connectivity index (χ0v) is 18.2. The summed E-state index contributed by atoms with van der Waals surface area (Å²) in [6.07, 6.45) is 8.26. The molecule has 0 fully saturated rings. The molecule has 2 heterocycles. The number of benzene rings is 3. The quantitative estimate of drug-likeness (QED) is 0.329. The van der Waals surface area contributed by atoms with Crippen LogP contribution in [0.1, 0.15) is 35.4 Å². The molecule has 3 nitrogen and oxygen atoms in total. The van der Waals surface area contributed by atoms with Gasteiger partial charge < -0.3 is 9.64 Å². The van der Waals surface area contributed by atoms with Crippen LogP contribution in [0.2, 0.25) is 0 Å². The minimum Gasteiger partial charge on any atom is -0.462 e. The number of nitrogens with zero attached hydrogens (tertiary/aromatic N) is 2. The van der Waals surface area contributed by atoms with E-state index in [1.165, 1.54) is 16.7 Å². The zero-order valence-electron chi connectivity index (χ0n) is 18.2. The van der Waals surface area contributed by atoms with Crippen molar-refractivity contribution in [2.24, 2.45) is 4.99 Å². The summed E-state index contributed by atoms with van der Waals surface area (Å²) < 4.78 is 5.94. The van der Waals surface area contributed by atoms with Gasteiger partial charge in [0.1, 0.15) is 12.0 Å². The first-order valence-electron chi connectivity index (χ1n) is 11.4. The van der Waals surface area contributed by atoms with E-state index in [1.807, 2.05) is 24.6 Å². The molecule has 3 heteroatoms. The molecule has 160 valence electrons. The molecular formula is C29H28N2O. The number of ether oxygens (including phenoxy) is 1. The number of allylic oxidation sites excluding steroid dienone is 1. The van der Waals surface area contributed by atoms with E-state index >= 15 is 0 Å². The molecule has 0 atom stereocenters. The van der Waals surface area contributed by atoms with Crippen LogP contribution in [0.15, 0.2) is 114 Å². The molecule has 32 heavy (non-hydrogen) atoms. The highest BCUT2D eigenvalue weighted by Crippen LogP contribution is 2.31. The van der Waals surface area contributed by atoms with Gasteiger partial charge in [-0.25, -0.2) is 0 Å². The predicted molar refractivity (Wildman–Crippen MR) is 131 cm³/mol. The first-order chi connectivity index (χ1) is 15.9. The zero-order chi connectivity index (χ0) is 21.6. The van der Waals surface area contributed by atoms with Crippen molar-refractivity contribution in [3.8, 4) is 5.75 Å². The third-order valence-electron chi connectivity index (χ3n) is 6.21. The Morgan fingerprint density at radius 2 is 1.56 bits per heavy atom. The minimum absolute atomic E-state index is 0.408. The molecule has 0 saturated carbocycles. The molecule has 0 unspecified atom stereocenters. The average Bonchev–Trinajstić information content (AvgIpc) is 3.12. The van der Waals surface area contributed by atoms with Gasteiger partial charge in [-0.05, 0) is 30.0 Å². The topological polar surface area (TPSA) is 24.8 Å². The third-order valence-corrected chi connectivity index (χ3v) is 6.21. The van der Waals surface area contributed by atoms with E-state index in [1.54, 1.807) is 0 Å². The summed E-state index contributed by atoms with van der Waals surface area (Å²) in [5, 5.41) is 0. The molecule has 0 N–H and O–H groups in total. The molecule has 0 radical (unpaired) electrons. The molecule has 2 aliphatic heterocycles. The molecule has 0 saturated heterocycles. The molecule has 0 aromatic heterocycles. The lowest BCUT2D eigenvalue weighted by Gasteiger charge is -2.18. The summed E-state index contributed by atoms with van der Waals surface area (Å²) >= 11 is 0. The van der Waals surface area contributed by atoms with E-state index in [4.69, 9.17) is 9.73 Å². The van der Waals surface area contributed by atoms with Gasteiger partial charge in [-0.3, -0.25) is 4.99 Å². The Kier molecular flexibility index (Phi) is 6.16. The number of hydrogen-bond acceptors (Lipinski definition) is 3. The third kappa shape index (κ3) is 4.52. The molecule has 0 spiro atoms. The van der Waals surface area contributed by atoms with E-state index in [-0.39, 0.29) is 0 Å². The number of aliphatic imine (C=N–C) groups is 1. The van der Waals surface area contributed by atoms with Crippen molar-refractivity contribution < 1.29 is 4.74 Å². The molecular weight excluding hydrogens is 392 g/mol. The van der Waals surface area contributed by atoms with Crippen molar-refractivity contribution in [1.29, 1.82) is 0 Å². The summed E-state index contributed by atoms with van der Waals surface area (Å²) in [6, 6.07) is 29.8. The molecule has 2 aliphatic rings. The maximum absolute atomic E-state index is 5.94. The van der Waals surface area contributed by atoms with Crippen molar-refractivity contribution in [3.63, 3.8) is 0 Å². The van der Waals surface area contributed by atoms with Gasteiger partial charge >= 0.3 is 0 Å². The van der Waals surface area contributed by atoms with Gasteiger partial charge in [0.15, 0.2) is 0 Å². The van der Waals surface area contributed by atoms with Gasteiger partial charge in [0.2, 0.25) is 0 Å². The molecule has 0 aliphatic carbocycles. The van der Waals surface area contributed by atoms with E-state index in [2.05, 4.69) is 83.8 Å². The molecule has 0 amide bonds. The Bertz CT molecular complexity index is 1090. The van der Waals surface area contributed by atoms with Crippen molar-refractivity contribution in [1.82, 2.24) is 4.90 Å². The highest BCUT2D eigenvalue weighted by Gasteiger charge is 2.23. The monoisotopic (exact) mass is 420 g/mol. The first-order valence-corrected chi connectivity index (χ1v) is 11.4. The number of hydrogen-bond donors (Lipinski definition) is 0. The van der Waals surface area contributed by atoms with Gasteiger partial charge in [-0.15, -0.1) is 0 Å². The fraction of sp³-hybridized carbons (Fsp3) is 0.207. The summed E-state index contributed by atoms with van der Waals surface area (Å²) in [5.74, 6) is 1.35. The van der Waals surface area contributed by atoms with Gasteiger partial charge in [0, 0.05) is 42.9 Å². The number of rotatable bonds is 7. The number of fused-ring (bicyclic) bond motifs is 2. The minimum atomic E-state index is 0.408. The lowest BCUT2D eigenvalue weighted by molar-refractivity contribution is 0.398. The van der Waals surface area contributed by atoms with E-state index < -0.39 is 0 Å². The normalized spacial score (nSPS) is 15.1. The maximum Gasteiger partial charge on any atom is 0.131 e. The second-order valence-corrected chi connectivity index (χ2v) is 8.32. The predicted octanol–water partition coefficient (Wildman–Crippen LogP) is 6.35. The Balaban J connectivity index is 1.20. The van der Waals surface area contributed by atoms with Crippen molar-refractivity contribution >= 4 is 6.21 Å². The molecule has 5 rings (SSSR count). The number of para-hydroxylation sites is 1. The van der Waals surface area contributed by atoms with Crippen molar-refractivity contribution in [3.05, 3.63) is 125 Å². The van der Waals surface area contributed by atoms with Crippen molar-refractivity contribution in [2.75, 3.05) is 13.1 Å². The fourth-order valence-electron chi connectivity index (χ4n) is 4.53. The largest absolute Gasteiger partial charge is 0.462 e. The van der Waals surface area contributed by atoms with Crippen LogP contribution in [0.25, 0.3) is 0 Å². The van der Waals surface area contributed by atoms with Gasteiger partial charge in [-0.2, -0.15) is 0 Å². The molecule has 0 bridgehead atoms. The van der Waals surface area contributed by atoms with Crippen LogP contribution in [0.4, 0.5) is 0 Å². The Morgan fingerprint density at radius 3 is 2.31 bits per heavy atom. The van der Waals surface area contributed by atoms with Gasteiger partial charge in [0.25, 0.3) is 0 Å². The molecule has 3 aromatic carbocycles. The van der Waals surface area contributed by atoms with Crippen LogP contribution in [0, 0.1) is 0 Å². The van der Waals surface area contributed by atoms with E-state index in [0.717, 1.165) is 49.5 Å². The SMILES string of the molecule is C(=NCCCC(c1ccccc1)c1ccccc1)C1=CCN2Cc3ccccc3OC=C12. The Morgan fingerprint density at radius 1 is 0.875 bits per heavy atom. The lowest BCUT2D eigenvalue weighted by Crippen LogP contribution is -2.17. The Hall–Kier alpha value is -3.59. The Labute approximate surface area is 190 Å². The van der Waals surface area contributed by atoms with Crippen LogP contribution < -0.4 is 4.74 Å².